The van der Waals surface area contributed by atoms with Crippen molar-refractivity contribution in [3.63, 3.8) is 0 Å². The van der Waals surface area contributed by atoms with Crippen molar-refractivity contribution in [1.82, 2.24) is 0 Å². The minimum absolute atomic E-state index is 0.898. The molecular formula is C30H21NO. The monoisotopic (exact) mass is 411 g/mol. The summed E-state index contributed by atoms with van der Waals surface area (Å²) in [5.74, 6) is 0. The minimum atomic E-state index is 0.898. The fourth-order valence-corrected chi connectivity index (χ4v) is 4.32. The van der Waals surface area contributed by atoms with Crippen LogP contribution >= 0.6 is 0 Å². The van der Waals surface area contributed by atoms with E-state index in [1.54, 1.807) is 0 Å². The number of hydrogen-bond acceptors (Lipinski definition) is 2. The van der Waals surface area contributed by atoms with Crippen molar-refractivity contribution in [2.45, 2.75) is 0 Å². The van der Waals surface area contributed by atoms with E-state index in [1.165, 1.54) is 11.1 Å². The first-order valence-corrected chi connectivity index (χ1v) is 10.8. The summed E-state index contributed by atoms with van der Waals surface area (Å²) < 4.78 is 6.17. The maximum Gasteiger partial charge on any atom is 0.135 e. The first-order chi connectivity index (χ1) is 15.9. The predicted molar refractivity (Wildman–Crippen MR) is 134 cm³/mol. The fourth-order valence-electron chi connectivity index (χ4n) is 4.32. The van der Waals surface area contributed by atoms with Gasteiger partial charge in [-0.1, -0.05) is 72.8 Å². The van der Waals surface area contributed by atoms with E-state index in [0.717, 1.165) is 39.0 Å². The van der Waals surface area contributed by atoms with Gasteiger partial charge in [0.25, 0.3) is 0 Å². The van der Waals surface area contributed by atoms with Crippen molar-refractivity contribution < 1.29 is 4.42 Å². The minimum Gasteiger partial charge on any atom is -0.456 e. The molecule has 32 heavy (non-hydrogen) atoms. The predicted octanol–water partition coefficient (Wildman–Crippen LogP) is 8.72. The summed E-state index contributed by atoms with van der Waals surface area (Å²) >= 11 is 0. The number of rotatable bonds is 4. The van der Waals surface area contributed by atoms with Gasteiger partial charge in [0.2, 0.25) is 0 Å². The number of fused-ring (bicyclic) bond motifs is 3. The lowest BCUT2D eigenvalue weighted by molar-refractivity contribution is 0.669. The third-order valence-corrected chi connectivity index (χ3v) is 5.85. The largest absolute Gasteiger partial charge is 0.456 e. The molecule has 2 nitrogen and oxygen atoms in total. The molecular weight excluding hydrogens is 390 g/mol. The van der Waals surface area contributed by atoms with Gasteiger partial charge in [-0.2, -0.15) is 0 Å². The van der Waals surface area contributed by atoms with Gasteiger partial charge in [-0.3, -0.25) is 0 Å². The van der Waals surface area contributed by atoms with Crippen LogP contribution in [0.4, 0.5) is 17.1 Å². The molecule has 6 rings (SSSR count). The Hall–Kier alpha value is -4.30. The van der Waals surface area contributed by atoms with Crippen LogP contribution in [-0.2, 0) is 0 Å². The molecule has 0 aliphatic heterocycles. The Bertz CT molecular complexity index is 1460. The van der Waals surface area contributed by atoms with Crippen molar-refractivity contribution >= 4 is 39.0 Å². The summed E-state index contributed by atoms with van der Waals surface area (Å²) in [6.45, 7) is 0. The van der Waals surface area contributed by atoms with Crippen molar-refractivity contribution in [3.05, 3.63) is 127 Å². The summed E-state index contributed by atoms with van der Waals surface area (Å²) in [4.78, 5) is 2.28. The summed E-state index contributed by atoms with van der Waals surface area (Å²) in [6.07, 6.45) is 0. The molecule has 0 aliphatic rings. The number of para-hydroxylation sites is 2. The highest BCUT2D eigenvalue weighted by Crippen LogP contribution is 2.39. The number of benzene rings is 5. The third-order valence-electron chi connectivity index (χ3n) is 5.85. The molecule has 0 N–H and O–H groups in total. The summed E-state index contributed by atoms with van der Waals surface area (Å²) in [6, 6.07) is 44.3. The average Bonchev–Trinajstić information content (AvgIpc) is 3.23. The van der Waals surface area contributed by atoms with Gasteiger partial charge in [0.15, 0.2) is 0 Å². The van der Waals surface area contributed by atoms with E-state index in [0.29, 0.717) is 0 Å². The van der Waals surface area contributed by atoms with Crippen molar-refractivity contribution in [2.24, 2.45) is 0 Å². The van der Waals surface area contributed by atoms with Crippen LogP contribution < -0.4 is 4.90 Å². The van der Waals surface area contributed by atoms with Gasteiger partial charge in [-0.25, -0.2) is 0 Å². The van der Waals surface area contributed by atoms with E-state index >= 15 is 0 Å². The molecule has 0 spiro atoms. The van der Waals surface area contributed by atoms with Crippen molar-refractivity contribution in [3.8, 4) is 11.1 Å². The number of nitrogens with zero attached hydrogens (tertiary/aromatic N) is 1. The molecule has 0 saturated heterocycles. The first kappa shape index (κ1) is 18.5. The molecule has 1 heterocycles. The molecule has 0 radical (unpaired) electrons. The second kappa shape index (κ2) is 7.75. The zero-order chi connectivity index (χ0) is 21.3. The number of anilines is 3. The van der Waals surface area contributed by atoms with Crippen LogP contribution in [0.2, 0.25) is 0 Å². The molecule has 0 aliphatic carbocycles. The van der Waals surface area contributed by atoms with E-state index in [9.17, 15) is 0 Å². The van der Waals surface area contributed by atoms with Crippen LogP contribution in [0.5, 0.6) is 0 Å². The maximum atomic E-state index is 6.17. The Morgan fingerprint density at radius 1 is 0.406 bits per heavy atom. The van der Waals surface area contributed by atoms with Gasteiger partial charge in [-0.15, -0.1) is 0 Å². The number of hydrogen-bond donors (Lipinski definition) is 0. The molecule has 0 unspecified atom stereocenters. The Balaban J connectivity index is 1.55. The van der Waals surface area contributed by atoms with Crippen LogP contribution in [0, 0.1) is 0 Å². The van der Waals surface area contributed by atoms with Gasteiger partial charge in [-0.05, 0) is 65.7 Å². The van der Waals surface area contributed by atoms with Crippen molar-refractivity contribution in [2.75, 3.05) is 4.90 Å². The lowest BCUT2D eigenvalue weighted by Crippen LogP contribution is -2.09. The quantitative estimate of drug-likeness (QED) is 0.288. The van der Waals surface area contributed by atoms with Crippen LogP contribution in [0.3, 0.4) is 0 Å². The van der Waals surface area contributed by atoms with E-state index in [2.05, 4.69) is 114 Å². The van der Waals surface area contributed by atoms with Crippen LogP contribution in [0.1, 0.15) is 0 Å². The summed E-state index contributed by atoms with van der Waals surface area (Å²) in [5, 5.41) is 2.25. The van der Waals surface area contributed by atoms with Gasteiger partial charge < -0.3 is 9.32 Å². The van der Waals surface area contributed by atoms with Crippen LogP contribution in [0.15, 0.2) is 132 Å². The molecule has 6 aromatic rings. The highest BCUT2D eigenvalue weighted by Gasteiger charge is 2.15. The summed E-state index contributed by atoms with van der Waals surface area (Å²) in [7, 11) is 0. The Labute approximate surface area is 187 Å². The highest BCUT2D eigenvalue weighted by atomic mass is 16.3. The summed E-state index contributed by atoms with van der Waals surface area (Å²) in [5.41, 5.74) is 7.54. The lowest BCUT2D eigenvalue weighted by atomic mass is 10.0. The van der Waals surface area contributed by atoms with Gasteiger partial charge in [0.1, 0.15) is 11.2 Å². The zero-order valence-electron chi connectivity index (χ0n) is 17.5. The van der Waals surface area contributed by atoms with Crippen LogP contribution in [-0.4, -0.2) is 0 Å². The number of furan rings is 1. The van der Waals surface area contributed by atoms with E-state index in [1.807, 2.05) is 18.2 Å². The topological polar surface area (TPSA) is 16.4 Å². The van der Waals surface area contributed by atoms with E-state index < -0.39 is 0 Å². The standard InChI is InChI=1S/C30H21NO/c1-4-10-22(11-5-1)23-16-18-29-27(20-23)28-21-26(17-19-30(28)32-29)31(24-12-6-2-7-13-24)25-14-8-3-9-15-25/h1-21H. The second-order valence-corrected chi connectivity index (χ2v) is 7.87. The molecule has 0 atom stereocenters. The van der Waals surface area contributed by atoms with Gasteiger partial charge >= 0.3 is 0 Å². The first-order valence-electron chi connectivity index (χ1n) is 10.8. The molecule has 0 amide bonds. The highest BCUT2D eigenvalue weighted by molar-refractivity contribution is 6.07. The average molecular weight is 412 g/mol. The zero-order valence-corrected chi connectivity index (χ0v) is 17.5. The smallest absolute Gasteiger partial charge is 0.135 e. The van der Waals surface area contributed by atoms with Gasteiger partial charge in [0.05, 0.1) is 0 Å². The Kier molecular flexibility index (Phi) is 4.47. The molecule has 5 aromatic carbocycles. The molecule has 1 aromatic heterocycles. The van der Waals surface area contributed by atoms with Gasteiger partial charge in [0, 0.05) is 27.8 Å². The molecule has 0 saturated carbocycles. The maximum absolute atomic E-state index is 6.17. The molecule has 0 bridgehead atoms. The molecule has 2 heteroatoms. The second-order valence-electron chi connectivity index (χ2n) is 7.87. The molecule has 0 fully saturated rings. The lowest BCUT2D eigenvalue weighted by Gasteiger charge is -2.25. The van der Waals surface area contributed by atoms with Crippen LogP contribution in [0.25, 0.3) is 33.1 Å². The Morgan fingerprint density at radius 2 is 0.938 bits per heavy atom. The Morgan fingerprint density at radius 3 is 1.56 bits per heavy atom. The molecule has 152 valence electrons. The van der Waals surface area contributed by atoms with E-state index in [-0.39, 0.29) is 0 Å². The normalized spacial score (nSPS) is 11.1. The van der Waals surface area contributed by atoms with Crippen molar-refractivity contribution in [1.29, 1.82) is 0 Å². The third kappa shape index (κ3) is 3.23. The SMILES string of the molecule is c1ccc(-c2ccc3oc4ccc(N(c5ccccc5)c5ccccc5)cc4c3c2)cc1. The van der Waals surface area contributed by atoms with E-state index in [4.69, 9.17) is 4.42 Å². The fraction of sp³-hybridized carbons (Fsp3) is 0.